The lowest BCUT2D eigenvalue weighted by Gasteiger charge is -2.07. The van der Waals surface area contributed by atoms with E-state index in [0.717, 1.165) is 18.1 Å². The smallest absolute Gasteiger partial charge is 0.166 e. The maximum atomic E-state index is 12.2. The molecule has 3 heteroatoms. The van der Waals surface area contributed by atoms with Crippen molar-refractivity contribution in [2.75, 3.05) is 0 Å². The molecular formula is C19H23F3. The lowest BCUT2D eigenvalue weighted by atomic mass is 10.1. The van der Waals surface area contributed by atoms with Gasteiger partial charge in [0.2, 0.25) is 0 Å². The van der Waals surface area contributed by atoms with Crippen molar-refractivity contribution >= 4 is 0 Å². The minimum absolute atomic E-state index is 0.557. The summed E-state index contributed by atoms with van der Waals surface area (Å²) < 4.78 is 36.6. The van der Waals surface area contributed by atoms with Gasteiger partial charge in [-0.25, -0.2) is 0 Å². The number of alkyl halides is 3. The highest BCUT2D eigenvalue weighted by Gasteiger charge is 2.30. The summed E-state index contributed by atoms with van der Waals surface area (Å²) in [4.78, 5) is 0. The molecule has 120 valence electrons. The Balaban J connectivity index is 0.000000235. The van der Waals surface area contributed by atoms with Crippen LogP contribution < -0.4 is 0 Å². The summed E-state index contributed by atoms with van der Waals surface area (Å²) in [6.07, 6.45) is -0.208. The van der Waals surface area contributed by atoms with Gasteiger partial charge in [0.15, 0.2) is 0 Å². The van der Waals surface area contributed by atoms with Crippen LogP contribution in [-0.2, 0) is 19.0 Å². The number of halogens is 3. The molecule has 0 amide bonds. The van der Waals surface area contributed by atoms with Crippen LogP contribution in [0.25, 0.3) is 0 Å². The van der Waals surface area contributed by atoms with E-state index in [1.807, 2.05) is 6.92 Å². The first-order chi connectivity index (χ1) is 10.5. The zero-order chi connectivity index (χ0) is 16.4. The fourth-order valence-electron chi connectivity index (χ4n) is 2.13. The largest absolute Gasteiger partial charge is 0.416 e. The second-order valence-electron chi connectivity index (χ2n) is 5.18. The molecule has 0 nitrogen and oxygen atoms in total. The summed E-state index contributed by atoms with van der Waals surface area (Å²) in [5.74, 6) is 0. The number of hydrogen-bond acceptors (Lipinski definition) is 0. The molecule has 0 aliphatic heterocycles. The molecule has 22 heavy (non-hydrogen) atoms. The summed E-state index contributed by atoms with van der Waals surface area (Å²) in [5, 5.41) is 0. The fraction of sp³-hybridized carbons (Fsp3) is 0.368. The quantitative estimate of drug-likeness (QED) is 0.622. The average Bonchev–Trinajstić information content (AvgIpc) is 2.49. The van der Waals surface area contributed by atoms with Crippen LogP contribution in [-0.4, -0.2) is 0 Å². The predicted molar refractivity (Wildman–Crippen MR) is 85.9 cm³/mol. The van der Waals surface area contributed by atoms with Gasteiger partial charge in [-0.05, 0) is 30.0 Å². The van der Waals surface area contributed by atoms with Crippen molar-refractivity contribution in [3.05, 3.63) is 71.3 Å². The van der Waals surface area contributed by atoms with Gasteiger partial charge in [-0.1, -0.05) is 75.2 Å². The molecule has 0 N–H and O–H groups in total. The number of benzene rings is 2. The van der Waals surface area contributed by atoms with E-state index >= 15 is 0 Å². The van der Waals surface area contributed by atoms with Gasteiger partial charge in [0.1, 0.15) is 0 Å². The van der Waals surface area contributed by atoms with Gasteiger partial charge in [-0.3, -0.25) is 0 Å². The van der Waals surface area contributed by atoms with Crippen molar-refractivity contribution in [3.63, 3.8) is 0 Å². The summed E-state index contributed by atoms with van der Waals surface area (Å²) in [6.45, 7) is 4.15. The molecule has 0 saturated carbocycles. The van der Waals surface area contributed by atoms with Crippen LogP contribution in [0.5, 0.6) is 0 Å². The second kappa shape index (κ2) is 9.29. The van der Waals surface area contributed by atoms with E-state index in [2.05, 4.69) is 37.3 Å². The first kappa shape index (κ1) is 18.3. The Bertz CT molecular complexity index is 530. The molecule has 2 rings (SSSR count). The summed E-state index contributed by atoms with van der Waals surface area (Å²) in [5.41, 5.74) is 1.63. The molecule has 0 atom stereocenters. The monoisotopic (exact) mass is 308 g/mol. The van der Waals surface area contributed by atoms with Crippen LogP contribution in [0.15, 0.2) is 54.6 Å². The molecule has 0 aromatic heterocycles. The Morgan fingerprint density at radius 3 is 1.82 bits per heavy atom. The van der Waals surface area contributed by atoms with Crippen LogP contribution in [0.3, 0.4) is 0 Å². The Labute approximate surface area is 131 Å². The molecular weight excluding hydrogens is 285 g/mol. The molecule has 2 aromatic carbocycles. The van der Waals surface area contributed by atoms with Crippen molar-refractivity contribution in [3.8, 4) is 0 Å². The van der Waals surface area contributed by atoms with E-state index in [-0.39, 0.29) is 0 Å². The minimum atomic E-state index is -4.22. The van der Waals surface area contributed by atoms with Crippen LogP contribution in [0.1, 0.15) is 43.4 Å². The minimum Gasteiger partial charge on any atom is -0.166 e. The molecule has 0 fully saturated rings. The highest BCUT2D eigenvalue weighted by Crippen LogP contribution is 2.29. The zero-order valence-corrected chi connectivity index (χ0v) is 13.2. The third-order valence-electron chi connectivity index (χ3n) is 3.17. The van der Waals surface area contributed by atoms with Crippen molar-refractivity contribution in [2.45, 2.75) is 45.7 Å². The van der Waals surface area contributed by atoms with Crippen molar-refractivity contribution in [1.29, 1.82) is 0 Å². The number of hydrogen-bond donors (Lipinski definition) is 0. The molecule has 0 heterocycles. The first-order valence-corrected chi connectivity index (χ1v) is 7.67. The molecule has 0 aliphatic rings. The molecule has 0 spiro atoms. The van der Waals surface area contributed by atoms with Crippen molar-refractivity contribution in [2.24, 2.45) is 0 Å². The van der Waals surface area contributed by atoms with Gasteiger partial charge in [0.25, 0.3) is 0 Å². The highest BCUT2D eigenvalue weighted by molar-refractivity contribution is 5.25. The molecule has 0 saturated heterocycles. The van der Waals surface area contributed by atoms with Gasteiger partial charge in [0, 0.05) is 0 Å². The standard InChI is InChI=1S/C10H11F3.C9H12/c1-2-4-8-5-3-6-9(7-8)10(11,12)13;1-2-6-9-7-4-3-5-8-9/h3,5-7H,2,4H2,1H3;3-5,7-8H,2,6H2,1H3. The summed E-state index contributed by atoms with van der Waals surface area (Å²) in [7, 11) is 0. The van der Waals surface area contributed by atoms with Crippen molar-refractivity contribution < 1.29 is 13.2 Å². The van der Waals surface area contributed by atoms with E-state index in [9.17, 15) is 13.2 Å². The topological polar surface area (TPSA) is 0 Å². The lowest BCUT2D eigenvalue weighted by Crippen LogP contribution is -2.05. The summed E-state index contributed by atoms with van der Waals surface area (Å²) in [6, 6.07) is 16.1. The summed E-state index contributed by atoms with van der Waals surface area (Å²) >= 11 is 0. The zero-order valence-electron chi connectivity index (χ0n) is 13.2. The highest BCUT2D eigenvalue weighted by atomic mass is 19.4. The number of rotatable bonds is 4. The van der Waals surface area contributed by atoms with E-state index < -0.39 is 11.7 Å². The van der Waals surface area contributed by atoms with Crippen LogP contribution in [0.2, 0.25) is 0 Å². The predicted octanol–water partition coefficient (Wildman–Crippen LogP) is 6.30. The third kappa shape index (κ3) is 6.79. The molecule has 0 aliphatic carbocycles. The molecule has 0 bridgehead atoms. The van der Waals surface area contributed by atoms with E-state index in [1.165, 1.54) is 30.5 Å². The van der Waals surface area contributed by atoms with Gasteiger partial charge >= 0.3 is 6.18 Å². The van der Waals surface area contributed by atoms with E-state index in [4.69, 9.17) is 0 Å². The maximum Gasteiger partial charge on any atom is 0.416 e. The van der Waals surface area contributed by atoms with Crippen molar-refractivity contribution in [1.82, 2.24) is 0 Å². The Hall–Kier alpha value is -1.77. The fourth-order valence-corrected chi connectivity index (χ4v) is 2.13. The Morgan fingerprint density at radius 2 is 1.27 bits per heavy atom. The van der Waals surface area contributed by atoms with Gasteiger partial charge < -0.3 is 0 Å². The number of aryl methyl sites for hydroxylation is 2. The first-order valence-electron chi connectivity index (χ1n) is 7.67. The molecule has 0 radical (unpaired) electrons. The maximum absolute atomic E-state index is 12.2. The average molecular weight is 308 g/mol. The normalized spacial score (nSPS) is 10.8. The Morgan fingerprint density at radius 1 is 0.727 bits per heavy atom. The van der Waals surface area contributed by atoms with Gasteiger partial charge in [0.05, 0.1) is 5.56 Å². The third-order valence-corrected chi connectivity index (χ3v) is 3.17. The Kier molecular flexibility index (Phi) is 7.72. The molecule has 2 aromatic rings. The van der Waals surface area contributed by atoms with Gasteiger partial charge in [-0.2, -0.15) is 13.2 Å². The second-order valence-corrected chi connectivity index (χ2v) is 5.18. The van der Waals surface area contributed by atoms with Crippen LogP contribution in [0.4, 0.5) is 13.2 Å². The van der Waals surface area contributed by atoms with E-state index in [1.54, 1.807) is 6.07 Å². The lowest BCUT2D eigenvalue weighted by molar-refractivity contribution is -0.137. The van der Waals surface area contributed by atoms with Crippen LogP contribution >= 0.6 is 0 Å². The molecule has 0 unspecified atom stereocenters. The van der Waals surface area contributed by atoms with E-state index in [0.29, 0.717) is 6.42 Å². The SMILES string of the molecule is CCCc1cccc(C(F)(F)F)c1.CCCc1ccccc1. The van der Waals surface area contributed by atoms with Gasteiger partial charge in [-0.15, -0.1) is 0 Å². The van der Waals surface area contributed by atoms with Crippen LogP contribution in [0, 0.1) is 0 Å².